The van der Waals surface area contributed by atoms with E-state index in [0.29, 0.717) is 36.2 Å². The topological polar surface area (TPSA) is 86.3 Å². The van der Waals surface area contributed by atoms with E-state index in [1.54, 1.807) is 34.2 Å². The second-order valence-corrected chi connectivity index (χ2v) is 6.71. The van der Waals surface area contributed by atoms with Crippen molar-refractivity contribution in [1.29, 1.82) is 0 Å². The average molecular weight is 359 g/mol. The summed E-state index contributed by atoms with van der Waals surface area (Å²) in [5.74, 6) is 1.50. The number of aryl methyl sites for hydroxylation is 1. The molecule has 1 saturated heterocycles. The van der Waals surface area contributed by atoms with E-state index in [0.717, 1.165) is 12.0 Å². The van der Waals surface area contributed by atoms with Gasteiger partial charge in [0.1, 0.15) is 5.56 Å². The number of carbonyl (C=O) groups excluding carboxylic acids is 1. The van der Waals surface area contributed by atoms with Gasteiger partial charge in [-0.25, -0.2) is 0 Å². The van der Waals surface area contributed by atoms with Crippen molar-refractivity contribution in [2.24, 2.45) is 7.05 Å². The molecule has 3 aromatic rings. The number of methoxy groups -OCH3 is 1. The number of nitrogens with zero attached hydrogens (tertiary/aromatic N) is 5. The van der Waals surface area contributed by atoms with Crippen LogP contribution in [0.3, 0.4) is 0 Å². The van der Waals surface area contributed by atoms with Gasteiger partial charge in [-0.1, -0.05) is 5.16 Å². The van der Waals surface area contributed by atoms with Crippen molar-refractivity contribution in [3.05, 3.63) is 34.4 Å². The van der Waals surface area contributed by atoms with E-state index < -0.39 is 0 Å². The molecule has 0 aliphatic carbocycles. The van der Waals surface area contributed by atoms with E-state index >= 15 is 0 Å². The van der Waals surface area contributed by atoms with Crippen LogP contribution in [0, 0.1) is 0 Å². The van der Waals surface area contributed by atoms with Crippen LogP contribution >= 0.6 is 11.3 Å². The quantitative estimate of drug-likeness (QED) is 0.710. The molecule has 1 atom stereocenters. The first-order valence-corrected chi connectivity index (χ1v) is 8.83. The lowest BCUT2D eigenvalue weighted by Crippen LogP contribution is -2.28. The van der Waals surface area contributed by atoms with Gasteiger partial charge in [-0.2, -0.15) is 16.3 Å². The molecule has 4 rings (SSSR count). The van der Waals surface area contributed by atoms with Crippen LogP contribution in [-0.4, -0.2) is 50.9 Å². The number of ether oxygens (including phenoxy) is 1. The third kappa shape index (κ3) is 2.91. The highest BCUT2D eigenvalue weighted by atomic mass is 32.1. The predicted molar refractivity (Wildman–Crippen MR) is 90.6 cm³/mol. The van der Waals surface area contributed by atoms with Gasteiger partial charge in [0.05, 0.1) is 12.7 Å². The predicted octanol–water partition coefficient (Wildman–Crippen LogP) is 2.17. The maximum Gasteiger partial charge on any atom is 0.260 e. The van der Waals surface area contributed by atoms with Crippen molar-refractivity contribution in [2.75, 3.05) is 20.2 Å². The lowest BCUT2D eigenvalue weighted by Gasteiger charge is -2.15. The Morgan fingerprint density at radius 2 is 2.36 bits per heavy atom. The van der Waals surface area contributed by atoms with Gasteiger partial charge >= 0.3 is 0 Å². The van der Waals surface area contributed by atoms with E-state index in [1.165, 1.54) is 7.11 Å². The molecule has 1 aliphatic rings. The summed E-state index contributed by atoms with van der Waals surface area (Å²) in [5, 5.41) is 12.2. The number of aromatic nitrogens is 4. The Morgan fingerprint density at radius 1 is 1.48 bits per heavy atom. The van der Waals surface area contributed by atoms with Crippen LogP contribution in [0.5, 0.6) is 5.88 Å². The summed E-state index contributed by atoms with van der Waals surface area (Å²) in [6.45, 7) is 1.20. The molecule has 130 valence electrons. The first kappa shape index (κ1) is 15.8. The van der Waals surface area contributed by atoms with Crippen molar-refractivity contribution in [1.82, 2.24) is 24.8 Å². The molecule has 8 nitrogen and oxygen atoms in total. The second-order valence-electron chi connectivity index (χ2n) is 5.93. The molecule has 3 aromatic heterocycles. The van der Waals surface area contributed by atoms with Gasteiger partial charge in [0.2, 0.25) is 5.88 Å². The summed E-state index contributed by atoms with van der Waals surface area (Å²) in [6.07, 6.45) is 2.48. The van der Waals surface area contributed by atoms with Crippen molar-refractivity contribution < 1.29 is 14.1 Å². The van der Waals surface area contributed by atoms with E-state index in [-0.39, 0.29) is 11.8 Å². The minimum atomic E-state index is -0.0889. The summed E-state index contributed by atoms with van der Waals surface area (Å²) in [4.78, 5) is 19.0. The lowest BCUT2D eigenvalue weighted by molar-refractivity contribution is 0.0787. The monoisotopic (exact) mass is 359 g/mol. The molecule has 0 aromatic carbocycles. The molecule has 0 saturated carbocycles. The van der Waals surface area contributed by atoms with Crippen LogP contribution in [0.1, 0.15) is 28.5 Å². The van der Waals surface area contributed by atoms with Gasteiger partial charge in [0, 0.05) is 37.6 Å². The van der Waals surface area contributed by atoms with Crippen molar-refractivity contribution in [3.63, 3.8) is 0 Å². The normalized spacial score (nSPS) is 17.2. The molecule has 4 heterocycles. The number of carbonyl (C=O) groups is 1. The Kier molecular flexibility index (Phi) is 4.00. The van der Waals surface area contributed by atoms with E-state index in [1.807, 2.05) is 16.8 Å². The molecule has 0 bridgehead atoms. The summed E-state index contributed by atoms with van der Waals surface area (Å²) in [5.41, 5.74) is 1.40. The lowest BCUT2D eigenvalue weighted by atomic mass is 10.1. The SMILES string of the molecule is COc1nn(C)cc1C(=O)N1CC[C@H](c2noc(-c3ccsc3)n2)C1. The number of amides is 1. The van der Waals surface area contributed by atoms with E-state index in [2.05, 4.69) is 15.2 Å². The molecule has 0 N–H and O–H groups in total. The fraction of sp³-hybridized carbons (Fsp3) is 0.375. The Hall–Kier alpha value is -2.68. The molecule has 0 radical (unpaired) electrons. The van der Waals surface area contributed by atoms with Crippen LogP contribution in [0.4, 0.5) is 0 Å². The van der Waals surface area contributed by atoms with Gasteiger partial charge in [-0.3, -0.25) is 9.48 Å². The average Bonchev–Trinajstić information content (AvgIpc) is 3.38. The smallest absolute Gasteiger partial charge is 0.260 e. The summed E-state index contributed by atoms with van der Waals surface area (Å²) in [7, 11) is 3.27. The maximum atomic E-state index is 12.7. The van der Waals surface area contributed by atoms with Crippen LogP contribution < -0.4 is 4.74 Å². The molecule has 0 unspecified atom stereocenters. The standard InChI is InChI=1S/C16H17N5O3S/c1-20-8-12(15(18-20)23-2)16(22)21-5-3-10(7-21)13-17-14(24-19-13)11-4-6-25-9-11/h4,6,8-10H,3,5,7H2,1-2H3/t10-/m0/s1. The first-order chi connectivity index (χ1) is 12.2. The van der Waals surface area contributed by atoms with Gasteiger partial charge in [0.15, 0.2) is 5.82 Å². The Bertz CT molecular complexity index is 886. The number of thiophene rings is 1. The summed E-state index contributed by atoms with van der Waals surface area (Å²) in [6, 6.07) is 1.95. The molecule has 25 heavy (non-hydrogen) atoms. The van der Waals surface area contributed by atoms with E-state index in [9.17, 15) is 4.79 Å². The van der Waals surface area contributed by atoms with Crippen molar-refractivity contribution >= 4 is 17.2 Å². The fourth-order valence-electron chi connectivity index (χ4n) is 3.00. The first-order valence-electron chi connectivity index (χ1n) is 7.89. The van der Waals surface area contributed by atoms with Gasteiger partial charge in [0.25, 0.3) is 11.8 Å². The van der Waals surface area contributed by atoms with Gasteiger partial charge in [-0.15, -0.1) is 5.10 Å². The highest BCUT2D eigenvalue weighted by molar-refractivity contribution is 7.08. The Labute approximate surface area is 148 Å². The molecule has 1 aliphatic heterocycles. The molecular formula is C16H17N5O3S. The largest absolute Gasteiger partial charge is 0.479 e. The third-order valence-electron chi connectivity index (χ3n) is 4.27. The maximum absolute atomic E-state index is 12.7. The Morgan fingerprint density at radius 3 is 3.12 bits per heavy atom. The molecule has 9 heteroatoms. The third-order valence-corrected chi connectivity index (χ3v) is 4.95. The summed E-state index contributed by atoms with van der Waals surface area (Å²) >= 11 is 1.58. The zero-order valence-corrected chi connectivity index (χ0v) is 14.7. The summed E-state index contributed by atoms with van der Waals surface area (Å²) < 4.78 is 12.1. The second kappa shape index (κ2) is 6.32. The van der Waals surface area contributed by atoms with Crippen LogP contribution in [0.2, 0.25) is 0 Å². The minimum Gasteiger partial charge on any atom is -0.479 e. The number of rotatable bonds is 4. The highest BCUT2D eigenvalue weighted by Crippen LogP contribution is 2.29. The number of likely N-dealkylation sites (tertiary alicyclic amines) is 1. The highest BCUT2D eigenvalue weighted by Gasteiger charge is 2.33. The zero-order valence-electron chi connectivity index (χ0n) is 13.9. The molecule has 1 fully saturated rings. The van der Waals surface area contributed by atoms with Crippen molar-refractivity contribution in [2.45, 2.75) is 12.3 Å². The van der Waals surface area contributed by atoms with Crippen LogP contribution in [0.15, 0.2) is 27.5 Å². The fourth-order valence-corrected chi connectivity index (χ4v) is 3.63. The number of hydrogen-bond acceptors (Lipinski definition) is 7. The zero-order chi connectivity index (χ0) is 17.4. The molecular weight excluding hydrogens is 342 g/mol. The van der Waals surface area contributed by atoms with Crippen LogP contribution in [0.25, 0.3) is 11.5 Å². The van der Waals surface area contributed by atoms with Gasteiger partial charge in [-0.05, 0) is 17.9 Å². The molecule has 1 amide bonds. The minimum absolute atomic E-state index is 0.0720. The van der Waals surface area contributed by atoms with E-state index in [4.69, 9.17) is 9.26 Å². The Balaban J connectivity index is 1.49. The number of hydrogen-bond donors (Lipinski definition) is 0. The van der Waals surface area contributed by atoms with Crippen molar-refractivity contribution in [3.8, 4) is 17.3 Å². The van der Waals surface area contributed by atoms with Gasteiger partial charge < -0.3 is 14.2 Å². The molecule has 0 spiro atoms. The van der Waals surface area contributed by atoms with Crippen LogP contribution in [-0.2, 0) is 7.05 Å².